The monoisotopic (exact) mass is 203 g/mol. The summed E-state index contributed by atoms with van der Waals surface area (Å²) >= 11 is 0. The minimum absolute atomic E-state index is 0.0898. The molecule has 0 N–H and O–H groups in total. The summed E-state index contributed by atoms with van der Waals surface area (Å²) in [4.78, 5) is 24.5. The quantitative estimate of drug-likeness (QED) is 0.554. The van der Waals surface area contributed by atoms with E-state index in [1.54, 1.807) is 4.90 Å². The number of para-hydroxylation sites is 1. The van der Waals surface area contributed by atoms with Gasteiger partial charge in [0.05, 0.1) is 0 Å². The molecule has 1 atom stereocenters. The fraction of sp³-hybridized carbons (Fsp3) is 0.333. The third kappa shape index (κ3) is 1.44. The smallest absolute Gasteiger partial charge is 0.241 e. The number of rotatable bonds is 3. The van der Waals surface area contributed by atoms with E-state index in [4.69, 9.17) is 0 Å². The van der Waals surface area contributed by atoms with Crippen LogP contribution in [0.4, 0.5) is 5.69 Å². The Morgan fingerprint density at radius 3 is 2.80 bits per heavy atom. The SMILES string of the molecule is CCCN1C(=O)C(C=O)c2ccccc21. The molecule has 15 heavy (non-hydrogen) atoms. The molecule has 0 aromatic heterocycles. The minimum Gasteiger partial charge on any atom is -0.311 e. The van der Waals surface area contributed by atoms with Gasteiger partial charge < -0.3 is 9.69 Å². The minimum atomic E-state index is -0.590. The van der Waals surface area contributed by atoms with Gasteiger partial charge in [0, 0.05) is 12.2 Å². The van der Waals surface area contributed by atoms with Crippen LogP contribution in [0.3, 0.4) is 0 Å². The van der Waals surface area contributed by atoms with Crippen LogP contribution < -0.4 is 4.90 Å². The van der Waals surface area contributed by atoms with Crippen LogP contribution in [0.2, 0.25) is 0 Å². The maximum absolute atomic E-state index is 11.9. The van der Waals surface area contributed by atoms with Crippen LogP contribution in [-0.4, -0.2) is 18.7 Å². The van der Waals surface area contributed by atoms with Gasteiger partial charge in [0.25, 0.3) is 0 Å². The molecular formula is C12H13NO2. The standard InChI is InChI=1S/C12H13NO2/c1-2-7-13-11-6-4-3-5-9(11)10(8-14)12(13)15/h3-6,8,10H,2,7H2,1H3. The Bertz CT molecular complexity index is 400. The van der Waals surface area contributed by atoms with E-state index in [2.05, 4.69) is 0 Å². The van der Waals surface area contributed by atoms with E-state index in [1.165, 1.54) is 0 Å². The van der Waals surface area contributed by atoms with Gasteiger partial charge >= 0.3 is 0 Å². The van der Waals surface area contributed by atoms with E-state index >= 15 is 0 Å². The summed E-state index contributed by atoms with van der Waals surface area (Å²) < 4.78 is 0. The van der Waals surface area contributed by atoms with Crippen molar-refractivity contribution in [3.05, 3.63) is 29.8 Å². The summed E-state index contributed by atoms with van der Waals surface area (Å²) in [5, 5.41) is 0. The van der Waals surface area contributed by atoms with Crippen molar-refractivity contribution >= 4 is 17.9 Å². The Labute approximate surface area is 88.7 Å². The maximum atomic E-state index is 11.9. The van der Waals surface area contributed by atoms with Gasteiger partial charge in [0.1, 0.15) is 12.2 Å². The zero-order valence-corrected chi connectivity index (χ0v) is 8.64. The number of amides is 1. The van der Waals surface area contributed by atoms with Crippen molar-refractivity contribution in [3.8, 4) is 0 Å². The van der Waals surface area contributed by atoms with Gasteiger partial charge in [-0.3, -0.25) is 4.79 Å². The van der Waals surface area contributed by atoms with Gasteiger partial charge in [-0.2, -0.15) is 0 Å². The molecular weight excluding hydrogens is 190 g/mol. The molecule has 0 aliphatic carbocycles. The molecule has 0 spiro atoms. The number of hydrogen-bond acceptors (Lipinski definition) is 2. The molecule has 0 fully saturated rings. The highest BCUT2D eigenvalue weighted by Crippen LogP contribution is 2.35. The van der Waals surface area contributed by atoms with Crippen molar-refractivity contribution in [2.45, 2.75) is 19.3 Å². The first-order valence-electron chi connectivity index (χ1n) is 5.15. The van der Waals surface area contributed by atoms with Crippen molar-refractivity contribution in [2.24, 2.45) is 0 Å². The first-order chi connectivity index (χ1) is 7.29. The normalized spacial score (nSPS) is 19.1. The van der Waals surface area contributed by atoms with Crippen molar-refractivity contribution in [3.63, 3.8) is 0 Å². The maximum Gasteiger partial charge on any atom is 0.241 e. The molecule has 3 nitrogen and oxygen atoms in total. The van der Waals surface area contributed by atoms with E-state index in [1.807, 2.05) is 31.2 Å². The number of carbonyl (C=O) groups is 2. The number of benzene rings is 1. The van der Waals surface area contributed by atoms with Crippen molar-refractivity contribution in [1.82, 2.24) is 0 Å². The summed E-state index contributed by atoms with van der Waals surface area (Å²) in [7, 11) is 0. The summed E-state index contributed by atoms with van der Waals surface area (Å²) in [6, 6.07) is 7.49. The highest BCUT2D eigenvalue weighted by atomic mass is 16.2. The molecule has 1 aromatic rings. The van der Waals surface area contributed by atoms with Gasteiger partial charge in [0.15, 0.2) is 0 Å². The zero-order chi connectivity index (χ0) is 10.8. The van der Waals surface area contributed by atoms with E-state index < -0.39 is 5.92 Å². The molecule has 1 amide bonds. The summed E-state index contributed by atoms with van der Waals surface area (Å²) in [6.07, 6.45) is 1.63. The second-order valence-electron chi connectivity index (χ2n) is 3.66. The molecule has 0 saturated heterocycles. The number of nitrogens with zero attached hydrogens (tertiary/aromatic N) is 1. The van der Waals surface area contributed by atoms with Crippen LogP contribution in [-0.2, 0) is 9.59 Å². The lowest BCUT2D eigenvalue weighted by atomic mass is 10.0. The van der Waals surface area contributed by atoms with E-state index in [0.29, 0.717) is 6.54 Å². The second-order valence-corrected chi connectivity index (χ2v) is 3.66. The predicted molar refractivity (Wildman–Crippen MR) is 57.9 cm³/mol. The number of fused-ring (bicyclic) bond motifs is 1. The average molecular weight is 203 g/mol. The Kier molecular flexibility index (Phi) is 2.54. The van der Waals surface area contributed by atoms with Gasteiger partial charge in [0.2, 0.25) is 5.91 Å². The van der Waals surface area contributed by atoms with E-state index in [-0.39, 0.29) is 5.91 Å². The molecule has 1 aromatic carbocycles. The van der Waals surface area contributed by atoms with Gasteiger partial charge in [-0.1, -0.05) is 25.1 Å². The zero-order valence-electron chi connectivity index (χ0n) is 8.64. The third-order valence-electron chi connectivity index (χ3n) is 2.68. The van der Waals surface area contributed by atoms with Crippen LogP contribution in [0.1, 0.15) is 24.8 Å². The summed E-state index contributed by atoms with van der Waals surface area (Å²) in [6.45, 7) is 2.70. The van der Waals surface area contributed by atoms with Crippen LogP contribution in [0, 0.1) is 0 Å². The summed E-state index contributed by atoms with van der Waals surface area (Å²) in [5.41, 5.74) is 1.73. The van der Waals surface area contributed by atoms with Crippen LogP contribution in [0.15, 0.2) is 24.3 Å². The van der Waals surface area contributed by atoms with Gasteiger partial charge in [-0.15, -0.1) is 0 Å². The van der Waals surface area contributed by atoms with Crippen molar-refractivity contribution in [1.29, 1.82) is 0 Å². The fourth-order valence-electron chi connectivity index (χ4n) is 2.00. The van der Waals surface area contributed by atoms with Gasteiger partial charge in [-0.25, -0.2) is 0 Å². The van der Waals surface area contributed by atoms with E-state index in [0.717, 1.165) is 24.0 Å². The van der Waals surface area contributed by atoms with E-state index in [9.17, 15) is 9.59 Å². The first kappa shape index (κ1) is 9.90. The van der Waals surface area contributed by atoms with Crippen molar-refractivity contribution in [2.75, 3.05) is 11.4 Å². The predicted octanol–water partition coefficient (Wildman–Crippen LogP) is 1.73. The molecule has 0 saturated carbocycles. The molecule has 0 radical (unpaired) electrons. The van der Waals surface area contributed by atoms with Crippen LogP contribution in [0.5, 0.6) is 0 Å². The van der Waals surface area contributed by atoms with Crippen LogP contribution >= 0.6 is 0 Å². The first-order valence-corrected chi connectivity index (χ1v) is 5.15. The third-order valence-corrected chi connectivity index (χ3v) is 2.68. The molecule has 1 heterocycles. The number of anilines is 1. The highest BCUT2D eigenvalue weighted by molar-refractivity contribution is 6.12. The summed E-state index contributed by atoms with van der Waals surface area (Å²) in [5.74, 6) is -0.680. The Morgan fingerprint density at radius 1 is 1.40 bits per heavy atom. The molecule has 2 rings (SSSR count). The molecule has 1 unspecified atom stereocenters. The highest BCUT2D eigenvalue weighted by Gasteiger charge is 2.35. The Morgan fingerprint density at radius 2 is 2.13 bits per heavy atom. The largest absolute Gasteiger partial charge is 0.311 e. The number of hydrogen-bond donors (Lipinski definition) is 0. The lowest BCUT2D eigenvalue weighted by Gasteiger charge is -2.15. The lowest BCUT2D eigenvalue weighted by molar-refractivity contribution is -0.123. The topological polar surface area (TPSA) is 37.4 Å². The average Bonchev–Trinajstić information content (AvgIpc) is 2.53. The Hall–Kier alpha value is -1.64. The number of aldehydes is 1. The fourth-order valence-corrected chi connectivity index (χ4v) is 2.00. The molecule has 1 aliphatic rings. The molecule has 3 heteroatoms. The van der Waals surface area contributed by atoms with Crippen molar-refractivity contribution < 1.29 is 9.59 Å². The van der Waals surface area contributed by atoms with Gasteiger partial charge in [-0.05, 0) is 18.1 Å². The lowest BCUT2D eigenvalue weighted by Crippen LogP contribution is -2.29. The molecule has 78 valence electrons. The Balaban J connectivity index is 2.46. The molecule has 0 bridgehead atoms. The number of carbonyl (C=O) groups excluding carboxylic acids is 2. The second kappa shape index (κ2) is 3.85. The molecule has 1 aliphatic heterocycles. The van der Waals surface area contributed by atoms with Crippen LogP contribution in [0.25, 0.3) is 0 Å².